The van der Waals surface area contributed by atoms with Gasteiger partial charge in [0.1, 0.15) is 0 Å². The molecular weight excluding hydrogens is 144 g/mol. The monoisotopic (exact) mass is 160 g/mol. The van der Waals surface area contributed by atoms with E-state index in [1.807, 2.05) is 0 Å². The number of hydrogen-bond donors (Lipinski definition) is 1. The molecule has 0 spiro atoms. The zero-order chi connectivity index (χ0) is 7.28. The summed E-state index contributed by atoms with van der Waals surface area (Å²) in [5, 5.41) is 1.16. The van der Waals surface area contributed by atoms with Gasteiger partial charge < -0.3 is 4.80 Å². The van der Waals surface area contributed by atoms with E-state index in [0.717, 1.165) is 21.4 Å². The number of unbranched alkanes of at least 4 members (excludes halogenated alkanes) is 1. The van der Waals surface area contributed by atoms with Gasteiger partial charge in [-0.1, -0.05) is 25.0 Å². The summed E-state index contributed by atoms with van der Waals surface area (Å²) in [5.74, 6) is 0. The predicted molar refractivity (Wildman–Crippen MR) is 48.0 cm³/mol. The third kappa shape index (κ3) is 4.63. The lowest BCUT2D eigenvalue weighted by atomic mass is 10.2. The molecule has 0 aromatic rings. The van der Waals surface area contributed by atoms with Crippen molar-refractivity contribution in [2.45, 2.75) is 26.2 Å². The SMILES string of the molecule is C=C(CCCC)[SiH](O)[SiH3]. The van der Waals surface area contributed by atoms with E-state index in [-0.39, 0.29) is 0 Å². The molecule has 0 fully saturated rings. The Hall–Kier alpha value is 0.134. The number of rotatable bonds is 4. The zero-order valence-corrected chi connectivity index (χ0v) is 9.51. The molecule has 0 aliphatic heterocycles. The lowest BCUT2D eigenvalue weighted by Crippen LogP contribution is -2.15. The average Bonchev–Trinajstić information content (AvgIpc) is 1.82. The predicted octanol–water partition coefficient (Wildman–Crippen LogP) is -0.150. The Balaban J connectivity index is 3.28. The van der Waals surface area contributed by atoms with Gasteiger partial charge in [0.2, 0.25) is 0 Å². The molecule has 54 valence electrons. The first-order valence-corrected chi connectivity index (χ1v) is 9.25. The maximum Gasteiger partial charge on any atom is 0.175 e. The van der Waals surface area contributed by atoms with Crippen molar-refractivity contribution in [1.82, 2.24) is 0 Å². The standard InChI is InChI=1S/C6H16OSi2/c1-3-4-5-6(2)9(7)8/h7,9H,2-5H2,1,8H3. The summed E-state index contributed by atoms with van der Waals surface area (Å²) >= 11 is 0. The molecular formula is C6H16OSi2. The van der Waals surface area contributed by atoms with E-state index in [1.165, 1.54) is 12.8 Å². The molecule has 9 heavy (non-hydrogen) atoms. The Morgan fingerprint density at radius 2 is 2.33 bits per heavy atom. The van der Waals surface area contributed by atoms with E-state index in [4.69, 9.17) is 4.80 Å². The van der Waals surface area contributed by atoms with Crippen molar-refractivity contribution in [2.24, 2.45) is 0 Å². The van der Waals surface area contributed by atoms with Crippen LogP contribution in [-0.2, 0) is 0 Å². The van der Waals surface area contributed by atoms with E-state index >= 15 is 0 Å². The molecule has 0 saturated heterocycles. The van der Waals surface area contributed by atoms with E-state index in [0.29, 0.717) is 0 Å². The van der Waals surface area contributed by atoms with Crippen molar-refractivity contribution in [2.75, 3.05) is 0 Å². The van der Waals surface area contributed by atoms with E-state index in [2.05, 4.69) is 13.5 Å². The molecule has 1 atom stereocenters. The summed E-state index contributed by atoms with van der Waals surface area (Å²) in [6, 6.07) is 0. The minimum absolute atomic E-state index is 0.964. The van der Waals surface area contributed by atoms with Crippen LogP contribution in [-0.4, -0.2) is 23.1 Å². The van der Waals surface area contributed by atoms with Crippen LogP contribution in [0, 0.1) is 0 Å². The summed E-state index contributed by atoms with van der Waals surface area (Å²) in [6.45, 7) is 6.00. The minimum Gasteiger partial charge on any atom is -0.434 e. The van der Waals surface area contributed by atoms with Gasteiger partial charge in [0, 0.05) is 9.76 Å². The van der Waals surface area contributed by atoms with Crippen molar-refractivity contribution in [3.63, 3.8) is 0 Å². The Labute approximate surface area is 61.7 Å². The van der Waals surface area contributed by atoms with Crippen molar-refractivity contribution in [1.29, 1.82) is 0 Å². The van der Waals surface area contributed by atoms with Crippen LogP contribution >= 0.6 is 0 Å². The molecule has 0 radical (unpaired) electrons. The van der Waals surface area contributed by atoms with Crippen LogP contribution in [0.2, 0.25) is 0 Å². The van der Waals surface area contributed by atoms with E-state index in [1.54, 1.807) is 0 Å². The summed E-state index contributed by atoms with van der Waals surface area (Å²) in [5.41, 5.74) is 0. The average molecular weight is 160 g/mol. The molecule has 0 aliphatic carbocycles. The Kier molecular flexibility index (Phi) is 5.04. The van der Waals surface area contributed by atoms with Crippen LogP contribution in [0.4, 0.5) is 0 Å². The molecule has 0 rings (SSSR count). The second kappa shape index (κ2) is 4.96. The highest BCUT2D eigenvalue weighted by molar-refractivity contribution is 7.02. The van der Waals surface area contributed by atoms with Crippen molar-refractivity contribution in [3.8, 4) is 0 Å². The summed E-state index contributed by atoms with van der Waals surface area (Å²) in [4.78, 5) is 9.15. The van der Waals surface area contributed by atoms with Crippen molar-refractivity contribution in [3.05, 3.63) is 11.8 Å². The highest BCUT2D eigenvalue weighted by Gasteiger charge is 2.01. The second-order valence-corrected chi connectivity index (χ2v) is 7.89. The van der Waals surface area contributed by atoms with E-state index in [9.17, 15) is 0 Å². The van der Waals surface area contributed by atoms with Gasteiger partial charge in [-0.15, -0.1) is 6.58 Å². The zero-order valence-electron chi connectivity index (χ0n) is 6.35. The molecule has 0 aliphatic rings. The molecule has 1 unspecified atom stereocenters. The number of allylic oxidation sites excluding steroid dienone is 1. The molecule has 0 aromatic heterocycles. The topological polar surface area (TPSA) is 20.2 Å². The highest BCUT2D eigenvalue weighted by atomic mass is 29.2. The van der Waals surface area contributed by atoms with Gasteiger partial charge in [-0.05, 0) is 6.42 Å². The minimum atomic E-state index is -1.35. The van der Waals surface area contributed by atoms with Gasteiger partial charge in [0.15, 0.2) is 8.56 Å². The van der Waals surface area contributed by atoms with Gasteiger partial charge in [-0.25, -0.2) is 0 Å². The summed E-state index contributed by atoms with van der Waals surface area (Å²) in [7, 11) is -0.387. The molecule has 0 bridgehead atoms. The third-order valence-electron chi connectivity index (χ3n) is 1.44. The fourth-order valence-electron chi connectivity index (χ4n) is 0.613. The van der Waals surface area contributed by atoms with Gasteiger partial charge in [0.05, 0.1) is 0 Å². The van der Waals surface area contributed by atoms with Gasteiger partial charge >= 0.3 is 0 Å². The van der Waals surface area contributed by atoms with Crippen LogP contribution in [0.15, 0.2) is 11.8 Å². The first-order valence-electron chi connectivity index (χ1n) is 3.54. The fourth-order valence-corrected chi connectivity index (χ4v) is 2.10. The van der Waals surface area contributed by atoms with E-state index < -0.39 is 8.56 Å². The molecule has 0 aromatic carbocycles. The van der Waals surface area contributed by atoms with Gasteiger partial charge in [-0.2, -0.15) is 0 Å². The maximum absolute atomic E-state index is 9.15. The quantitative estimate of drug-likeness (QED) is 0.567. The smallest absolute Gasteiger partial charge is 0.175 e. The van der Waals surface area contributed by atoms with Crippen molar-refractivity contribution < 1.29 is 4.80 Å². The Bertz CT molecular complexity index is 91.1. The third-order valence-corrected chi connectivity index (χ3v) is 5.36. The van der Waals surface area contributed by atoms with Crippen LogP contribution in [0.25, 0.3) is 0 Å². The summed E-state index contributed by atoms with van der Waals surface area (Å²) < 4.78 is 0. The fraction of sp³-hybridized carbons (Fsp3) is 0.667. The van der Waals surface area contributed by atoms with Crippen LogP contribution in [0.5, 0.6) is 0 Å². The van der Waals surface area contributed by atoms with Gasteiger partial charge in [-0.3, -0.25) is 0 Å². The normalized spacial score (nSPS) is 13.6. The number of hydrogen-bond acceptors (Lipinski definition) is 1. The van der Waals surface area contributed by atoms with Gasteiger partial charge in [0.25, 0.3) is 0 Å². The van der Waals surface area contributed by atoms with Crippen molar-refractivity contribution >= 4 is 18.3 Å². The first-order chi connectivity index (χ1) is 4.18. The molecule has 0 amide bonds. The van der Waals surface area contributed by atoms with Crippen LogP contribution < -0.4 is 0 Å². The first kappa shape index (κ1) is 9.13. The largest absolute Gasteiger partial charge is 0.434 e. The molecule has 1 N–H and O–H groups in total. The molecule has 3 heteroatoms. The Morgan fingerprint density at radius 1 is 1.78 bits per heavy atom. The second-order valence-electron chi connectivity index (χ2n) is 2.44. The molecule has 1 nitrogen and oxygen atoms in total. The summed E-state index contributed by atoms with van der Waals surface area (Å²) in [6.07, 6.45) is 3.47. The Morgan fingerprint density at radius 3 is 2.67 bits per heavy atom. The lowest BCUT2D eigenvalue weighted by molar-refractivity contribution is 0.597. The lowest BCUT2D eigenvalue weighted by Gasteiger charge is -2.04. The van der Waals surface area contributed by atoms with Crippen LogP contribution in [0.3, 0.4) is 0 Å². The maximum atomic E-state index is 9.15. The van der Waals surface area contributed by atoms with Crippen LogP contribution in [0.1, 0.15) is 26.2 Å². The molecule has 0 heterocycles. The highest BCUT2D eigenvalue weighted by Crippen LogP contribution is 2.04. The molecule has 0 saturated carbocycles.